The molecular weight excluding hydrogens is 268 g/mol. The van der Waals surface area contributed by atoms with Gasteiger partial charge >= 0.3 is 10.2 Å². The topological polar surface area (TPSA) is 110 Å². The van der Waals surface area contributed by atoms with E-state index in [9.17, 15) is 21.6 Å². The molecule has 92 valence electrons. The second-order valence-electron chi connectivity index (χ2n) is 2.87. The molecule has 1 aromatic rings. The van der Waals surface area contributed by atoms with Gasteiger partial charge in [0.05, 0.1) is 4.90 Å². The van der Waals surface area contributed by atoms with Gasteiger partial charge in [0.15, 0.2) is 9.84 Å². The molecule has 0 aliphatic carbocycles. The highest BCUT2D eigenvalue weighted by atomic mass is 32.2. The van der Waals surface area contributed by atoms with Crippen molar-refractivity contribution in [2.24, 2.45) is 4.40 Å². The first-order valence-corrected chi connectivity index (χ1v) is 7.33. The van der Waals surface area contributed by atoms with Crippen LogP contribution in [0.2, 0.25) is 0 Å². The third-order valence-corrected chi connectivity index (χ3v) is 4.21. The minimum absolute atomic E-state index is 0.0298. The molecular formula is C8H8N2O5S2. The van der Waals surface area contributed by atoms with E-state index >= 15 is 0 Å². The second kappa shape index (κ2) is 5.19. The third kappa shape index (κ3) is 4.08. The van der Waals surface area contributed by atoms with Crippen LogP contribution in [-0.4, -0.2) is 28.8 Å². The molecule has 7 nitrogen and oxygen atoms in total. The molecule has 0 atom stereocenters. The van der Waals surface area contributed by atoms with Crippen LogP contribution in [0.5, 0.6) is 0 Å². The van der Waals surface area contributed by atoms with Crippen molar-refractivity contribution in [2.45, 2.75) is 4.90 Å². The predicted octanol–water partition coefficient (Wildman–Crippen LogP) is -0.412. The number of rotatable bonds is 5. The fourth-order valence-electron chi connectivity index (χ4n) is 0.945. The van der Waals surface area contributed by atoms with E-state index in [0.717, 1.165) is 6.08 Å². The monoisotopic (exact) mass is 276 g/mol. The molecule has 0 heterocycles. The zero-order chi connectivity index (χ0) is 12.9. The van der Waals surface area contributed by atoms with E-state index in [4.69, 9.17) is 0 Å². The highest BCUT2D eigenvalue weighted by Gasteiger charge is 2.17. The van der Waals surface area contributed by atoms with Gasteiger partial charge in [0.2, 0.25) is 0 Å². The van der Waals surface area contributed by atoms with Gasteiger partial charge in [-0.3, -0.25) is 0 Å². The molecule has 1 aromatic carbocycles. The number of isocyanates is 1. The summed E-state index contributed by atoms with van der Waals surface area (Å²) in [5, 5.41) is 0. The van der Waals surface area contributed by atoms with Gasteiger partial charge in [-0.15, -0.1) is 0 Å². The van der Waals surface area contributed by atoms with Crippen LogP contribution < -0.4 is 4.72 Å². The Bertz CT molecular complexity index is 630. The first-order chi connectivity index (χ1) is 7.87. The van der Waals surface area contributed by atoms with E-state index in [1.165, 1.54) is 24.3 Å². The van der Waals surface area contributed by atoms with E-state index in [-0.39, 0.29) is 4.90 Å². The number of hydrogen-bond acceptors (Lipinski definition) is 5. The molecule has 0 amide bonds. The highest BCUT2D eigenvalue weighted by molar-refractivity contribution is 7.93. The van der Waals surface area contributed by atoms with Crippen LogP contribution in [-0.2, 0) is 24.8 Å². The van der Waals surface area contributed by atoms with Gasteiger partial charge in [-0.05, 0) is 12.1 Å². The first kappa shape index (κ1) is 13.5. The van der Waals surface area contributed by atoms with Crippen molar-refractivity contribution in [1.29, 1.82) is 0 Å². The number of nitrogens with one attached hydrogen (secondary N) is 1. The summed E-state index contributed by atoms with van der Waals surface area (Å²) in [5.74, 6) is -0.871. The summed E-state index contributed by atoms with van der Waals surface area (Å²) < 4.78 is 49.1. The van der Waals surface area contributed by atoms with Crippen molar-refractivity contribution in [1.82, 2.24) is 4.72 Å². The molecule has 0 aliphatic rings. The number of nitrogens with zero attached hydrogens (tertiary/aromatic N) is 1. The molecule has 0 aliphatic heterocycles. The maximum atomic E-state index is 11.6. The summed E-state index contributed by atoms with van der Waals surface area (Å²) >= 11 is 0. The van der Waals surface area contributed by atoms with Crippen LogP contribution in [0.3, 0.4) is 0 Å². The van der Waals surface area contributed by atoms with E-state index in [1.807, 2.05) is 0 Å². The standard InChI is InChI=1S/C8H8N2O5S2/c11-6-9-17(14,15)10-7-16(12,13)8-4-2-1-3-5-8/h1-5,10H,7H2. The molecule has 0 spiro atoms. The molecule has 0 saturated heterocycles. The van der Waals surface area contributed by atoms with E-state index in [2.05, 4.69) is 4.40 Å². The Morgan fingerprint density at radius 1 is 1.12 bits per heavy atom. The molecule has 17 heavy (non-hydrogen) atoms. The lowest BCUT2D eigenvalue weighted by Gasteiger charge is -2.03. The number of carbonyl (C=O) groups excluding carboxylic acids is 1. The van der Waals surface area contributed by atoms with Crippen LogP contribution in [0.15, 0.2) is 39.6 Å². The fourth-order valence-corrected chi connectivity index (χ4v) is 3.06. The minimum atomic E-state index is -4.30. The number of benzene rings is 1. The Kier molecular flexibility index (Phi) is 4.13. The van der Waals surface area contributed by atoms with Crippen molar-refractivity contribution in [3.8, 4) is 0 Å². The molecule has 0 bridgehead atoms. The number of sulfone groups is 1. The van der Waals surface area contributed by atoms with Crippen LogP contribution in [0.1, 0.15) is 0 Å². The van der Waals surface area contributed by atoms with Crippen LogP contribution in [0, 0.1) is 0 Å². The van der Waals surface area contributed by atoms with Gasteiger partial charge in [-0.2, -0.15) is 13.1 Å². The highest BCUT2D eigenvalue weighted by Crippen LogP contribution is 2.08. The normalized spacial score (nSPS) is 11.8. The van der Waals surface area contributed by atoms with Crippen molar-refractivity contribution >= 4 is 26.1 Å². The molecule has 0 saturated carbocycles. The molecule has 1 N–H and O–H groups in total. The van der Waals surface area contributed by atoms with Gasteiger partial charge in [0, 0.05) is 0 Å². The maximum Gasteiger partial charge on any atom is 0.331 e. The van der Waals surface area contributed by atoms with Crippen LogP contribution >= 0.6 is 0 Å². The van der Waals surface area contributed by atoms with Crippen LogP contribution in [0.4, 0.5) is 0 Å². The van der Waals surface area contributed by atoms with Gasteiger partial charge in [-0.1, -0.05) is 22.6 Å². The quantitative estimate of drug-likeness (QED) is 0.580. The molecule has 9 heteroatoms. The van der Waals surface area contributed by atoms with E-state index in [1.54, 1.807) is 10.8 Å². The SMILES string of the molecule is O=C=NS(=O)(=O)NCS(=O)(=O)c1ccccc1. The molecule has 0 radical (unpaired) electrons. The Morgan fingerprint density at radius 2 is 1.71 bits per heavy atom. The fraction of sp³-hybridized carbons (Fsp3) is 0.125. The van der Waals surface area contributed by atoms with Crippen molar-refractivity contribution < 1.29 is 21.6 Å². The summed E-state index contributed by atoms with van der Waals surface area (Å²) in [7, 11) is -8.09. The van der Waals surface area contributed by atoms with E-state index in [0.29, 0.717) is 0 Å². The van der Waals surface area contributed by atoms with E-state index < -0.39 is 25.9 Å². The summed E-state index contributed by atoms with van der Waals surface area (Å²) in [4.78, 5) is 9.72. The zero-order valence-corrected chi connectivity index (χ0v) is 10.0. The lowest BCUT2D eigenvalue weighted by Crippen LogP contribution is -2.28. The Balaban J connectivity index is 2.87. The largest absolute Gasteiger partial charge is 0.331 e. The van der Waals surface area contributed by atoms with Gasteiger partial charge in [-0.25, -0.2) is 13.2 Å². The van der Waals surface area contributed by atoms with Crippen LogP contribution in [0.25, 0.3) is 0 Å². The minimum Gasteiger partial charge on any atom is -0.222 e. The molecule has 0 aromatic heterocycles. The van der Waals surface area contributed by atoms with Crippen molar-refractivity contribution in [2.75, 3.05) is 5.88 Å². The summed E-state index contributed by atoms with van der Waals surface area (Å²) in [6.07, 6.45) is 0.814. The molecule has 0 unspecified atom stereocenters. The lowest BCUT2D eigenvalue weighted by molar-refractivity contribution is 0.561. The summed E-state index contributed by atoms with van der Waals surface area (Å²) in [5.41, 5.74) is 0. The van der Waals surface area contributed by atoms with Gasteiger partial charge < -0.3 is 0 Å². The maximum absolute atomic E-state index is 11.6. The Labute approximate surface area is 98.3 Å². The first-order valence-electron chi connectivity index (χ1n) is 4.24. The van der Waals surface area contributed by atoms with Crippen molar-refractivity contribution in [3.63, 3.8) is 0 Å². The molecule has 1 rings (SSSR count). The number of hydrogen-bond donors (Lipinski definition) is 1. The average molecular weight is 276 g/mol. The van der Waals surface area contributed by atoms with Gasteiger partial charge in [0.1, 0.15) is 5.88 Å². The third-order valence-electron chi connectivity index (χ3n) is 1.69. The summed E-state index contributed by atoms with van der Waals surface area (Å²) in [6.45, 7) is 0. The Hall–Kier alpha value is -1.54. The lowest BCUT2D eigenvalue weighted by atomic mass is 10.4. The average Bonchev–Trinajstić information content (AvgIpc) is 2.28. The molecule has 0 fully saturated rings. The predicted molar refractivity (Wildman–Crippen MR) is 58.7 cm³/mol. The smallest absolute Gasteiger partial charge is 0.222 e. The van der Waals surface area contributed by atoms with Crippen molar-refractivity contribution in [3.05, 3.63) is 30.3 Å². The summed E-state index contributed by atoms with van der Waals surface area (Å²) in [6, 6.07) is 7.29. The zero-order valence-electron chi connectivity index (χ0n) is 8.40. The Morgan fingerprint density at radius 3 is 2.24 bits per heavy atom. The second-order valence-corrected chi connectivity index (χ2v) is 6.29. The van der Waals surface area contributed by atoms with Gasteiger partial charge in [0.25, 0.3) is 6.08 Å².